The SMILES string of the molecule is Cc1cc(NC2CCC2)cnc1Br. The van der Waals surface area contributed by atoms with Gasteiger partial charge < -0.3 is 5.32 Å². The van der Waals surface area contributed by atoms with Gasteiger partial charge in [0.1, 0.15) is 4.60 Å². The lowest BCUT2D eigenvalue weighted by Gasteiger charge is -2.27. The molecule has 0 unspecified atom stereocenters. The van der Waals surface area contributed by atoms with Gasteiger partial charge in [0, 0.05) is 6.04 Å². The normalized spacial score (nSPS) is 16.8. The molecule has 0 spiro atoms. The van der Waals surface area contributed by atoms with Crippen molar-refractivity contribution < 1.29 is 0 Å². The summed E-state index contributed by atoms with van der Waals surface area (Å²) in [5, 5.41) is 3.46. The highest BCUT2D eigenvalue weighted by Crippen LogP contribution is 2.24. The number of nitrogens with one attached hydrogen (secondary N) is 1. The largest absolute Gasteiger partial charge is 0.381 e. The van der Waals surface area contributed by atoms with E-state index in [1.807, 2.05) is 6.20 Å². The van der Waals surface area contributed by atoms with Crippen LogP contribution in [-0.2, 0) is 0 Å². The maximum atomic E-state index is 4.24. The topological polar surface area (TPSA) is 24.9 Å². The predicted octanol–water partition coefficient (Wildman–Crippen LogP) is 3.12. The van der Waals surface area contributed by atoms with E-state index in [1.165, 1.54) is 24.8 Å². The quantitative estimate of drug-likeness (QED) is 0.804. The molecule has 0 bridgehead atoms. The molecule has 0 atom stereocenters. The highest BCUT2D eigenvalue weighted by atomic mass is 79.9. The summed E-state index contributed by atoms with van der Waals surface area (Å²) in [6.07, 6.45) is 5.85. The minimum absolute atomic E-state index is 0.683. The summed E-state index contributed by atoms with van der Waals surface area (Å²) >= 11 is 3.39. The van der Waals surface area contributed by atoms with E-state index in [1.54, 1.807) is 0 Å². The fourth-order valence-corrected chi connectivity index (χ4v) is 1.64. The molecule has 1 aliphatic carbocycles. The maximum Gasteiger partial charge on any atom is 0.109 e. The second-order valence-electron chi connectivity index (χ2n) is 3.60. The van der Waals surface area contributed by atoms with Gasteiger partial charge in [0.25, 0.3) is 0 Å². The number of aryl methyl sites for hydroxylation is 1. The van der Waals surface area contributed by atoms with Crippen LogP contribution in [0.3, 0.4) is 0 Å². The number of aromatic nitrogens is 1. The van der Waals surface area contributed by atoms with Crippen LogP contribution < -0.4 is 5.32 Å². The molecule has 1 heterocycles. The Bertz CT molecular complexity index is 308. The van der Waals surface area contributed by atoms with Gasteiger partial charge in [-0.2, -0.15) is 0 Å². The van der Waals surface area contributed by atoms with Gasteiger partial charge in [-0.05, 0) is 53.7 Å². The van der Waals surface area contributed by atoms with Gasteiger partial charge in [-0.15, -0.1) is 0 Å². The molecule has 13 heavy (non-hydrogen) atoms. The molecule has 1 aromatic heterocycles. The van der Waals surface area contributed by atoms with Gasteiger partial charge in [0.05, 0.1) is 11.9 Å². The standard InChI is InChI=1S/C10H13BrN2/c1-7-5-9(6-12-10(7)11)13-8-3-2-4-8/h5-6,8,13H,2-4H2,1H3. The van der Waals surface area contributed by atoms with Crippen LogP contribution in [0.25, 0.3) is 0 Å². The molecule has 0 radical (unpaired) electrons. The monoisotopic (exact) mass is 240 g/mol. The lowest BCUT2D eigenvalue weighted by molar-refractivity contribution is 0.445. The van der Waals surface area contributed by atoms with Crippen LogP contribution in [0.1, 0.15) is 24.8 Å². The van der Waals surface area contributed by atoms with Gasteiger partial charge in [0.15, 0.2) is 0 Å². The molecular weight excluding hydrogens is 228 g/mol. The summed E-state index contributed by atoms with van der Waals surface area (Å²) < 4.78 is 0.937. The smallest absolute Gasteiger partial charge is 0.109 e. The fourth-order valence-electron chi connectivity index (χ4n) is 1.43. The highest BCUT2D eigenvalue weighted by molar-refractivity contribution is 9.10. The number of halogens is 1. The zero-order valence-corrected chi connectivity index (χ0v) is 9.26. The van der Waals surface area contributed by atoms with Gasteiger partial charge in [-0.1, -0.05) is 0 Å². The Morgan fingerprint density at radius 3 is 2.85 bits per heavy atom. The van der Waals surface area contributed by atoms with Gasteiger partial charge in [0.2, 0.25) is 0 Å². The molecule has 1 N–H and O–H groups in total. The van der Waals surface area contributed by atoms with Crippen molar-refractivity contribution in [3.05, 3.63) is 22.4 Å². The van der Waals surface area contributed by atoms with Crippen molar-refractivity contribution >= 4 is 21.6 Å². The zero-order chi connectivity index (χ0) is 9.26. The Balaban J connectivity index is 2.07. The molecule has 0 aliphatic heterocycles. The van der Waals surface area contributed by atoms with Crippen molar-refractivity contribution in [2.45, 2.75) is 32.2 Å². The zero-order valence-electron chi connectivity index (χ0n) is 7.68. The molecule has 3 heteroatoms. The third-order valence-electron chi connectivity index (χ3n) is 2.49. The van der Waals surface area contributed by atoms with Crippen LogP contribution in [0, 0.1) is 6.92 Å². The van der Waals surface area contributed by atoms with E-state index < -0.39 is 0 Å². The molecule has 2 nitrogen and oxygen atoms in total. The summed E-state index contributed by atoms with van der Waals surface area (Å²) in [4.78, 5) is 4.24. The Morgan fingerprint density at radius 1 is 1.54 bits per heavy atom. The van der Waals surface area contributed by atoms with Gasteiger partial charge in [-0.3, -0.25) is 0 Å². The maximum absolute atomic E-state index is 4.24. The lowest BCUT2D eigenvalue weighted by Crippen LogP contribution is -2.27. The number of anilines is 1. The third-order valence-corrected chi connectivity index (χ3v) is 3.32. The second kappa shape index (κ2) is 3.66. The molecule has 0 amide bonds. The van der Waals surface area contributed by atoms with Crippen LogP contribution in [0.4, 0.5) is 5.69 Å². The minimum Gasteiger partial charge on any atom is -0.381 e. The van der Waals surface area contributed by atoms with E-state index in [4.69, 9.17) is 0 Å². The Labute approximate surface area is 86.9 Å². The summed E-state index contributed by atoms with van der Waals surface area (Å²) in [6, 6.07) is 2.82. The number of hydrogen-bond acceptors (Lipinski definition) is 2. The Morgan fingerprint density at radius 2 is 2.31 bits per heavy atom. The average molecular weight is 241 g/mol. The molecular formula is C10H13BrN2. The first-order valence-corrected chi connectivity index (χ1v) is 5.43. The molecule has 1 fully saturated rings. The van der Waals surface area contributed by atoms with Crippen molar-refractivity contribution in [1.82, 2.24) is 4.98 Å². The van der Waals surface area contributed by atoms with Crippen LogP contribution in [0.15, 0.2) is 16.9 Å². The third kappa shape index (κ3) is 2.02. The lowest BCUT2D eigenvalue weighted by atomic mass is 9.93. The van der Waals surface area contributed by atoms with Gasteiger partial charge in [-0.25, -0.2) is 4.98 Å². The fraction of sp³-hybridized carbons (Fsp3) is 0.500. The summed E-state index contributed by atoms with van der Waals surface area (Å²) in [5.41, 5.74) is 2.33. The van der Waals surface area contributed by atoms with Crippen molar-refractivity contribution in [2.75, 3.05) is 5.32 Å². The van der Waals surface area contributed by atoms with E-state index >= 15 is 0 Å². The average Bonchev–Trinajstić information content (AvgIpc) is 2.04. The van der Waals surface area contributed by atoms with E-state index in [-0.39, 0.29) is 0 Å². The van der Waals surface area contributed by atoms with E-state index in [2.05, 4.69) is 39.2 Å². The number of pyridine rings is 1. The molecule has 0 aromatic carbocycles. The van der Waals surface area contributed by atoms with E-state index in [0.717, 1.165) is 10.3 Å². The van der Waals surface area contributed by atoms with Crippen LogP contribution in [0.2, 0.25) is 0 Å². The van der Waals surface area contributed by atoms with Crippen molar-refractivity contribution in [2.24, 2.45) is 0 Å². The van der Waals surface area contributed by atoms with Crippen molar-refractivity contribution in [3.8, 4) is 0 Å². The minimum atomic E-state index is 0.683. The van der Waals surface area contributed by atoms with Crippen LogP contribution >= 0.6 is 15.9 Å². The molecule has 70 valence electrons. The Hall–Kier alpha value is -0.570. The van der Waals surface area contributed by atoms with Crippen LogP contribution in [-0.4, -0.2) is 11.0 Å². The number of nitrogens with zero attached hydrogens (tertiary/aromatic N) is 1. The molecule has 1 aromatic rings. The highest BCUT2D eigenvalue weighted by Gasteiger charge is 2.16. The number of hydrogen-bond donors (Lipinski definition) is 1. The summed E-state index contributed by atoms with van der Waals surface area (Å²) in [5.74, 6) is 0. The molecule has 0 saturated heterocycles. The first kappa shape index (κ1) is 9.00. The summed E-state index contributed by atoms with van der Waals surface area (Å²) in [6.45, 7) is 2.06. The molecule has 1 saturated carbocycles. The van der Waals surface area contributed by atoms with Crippen molar-refractivity contribution in [1.29, 1.82) is 0 Å². The second-order valence-corrected chi connectivity index (χ2v) is 4.36. The van der Waals surface area contributed by atoms with E-state index in [0.29, 0.717) is 6.04 Å². The molecule has 2 rings (SSSR count). The first-order chi connectivity index (χ1) is 6.25. The number of rotatable bonds is 2. The van der Waals surface area contributed by atoms with E-state index in [9.17, 15) is 0 Å². The van der Waals surface area contributed by atoms with Crippen molar-refractivity contribution in [3.63, 3.8) is 0 Å². The summed E-state index contributed by atoms with van der Waals surface area (Å²) in [7, 11) is 0. The molecule has 1 aliphatic rings. The first-order valence-electron chi connectivity index (χ1n) is 4.64. The Kier molecular flexibility index (Phi) is 2.54. The van der Waals surface area contributed by atoms with Crippen LogP contribution in [0.5, 0.6) is 0 Å². The predicted molar refractivity (Wildman–Crippen MR) is 57.9 cm³/mol. The van der Waals surface area contributed by atoms with Gasteiger partial charge >= 0.3 is 0 Å².